The Kier molecular flexibility index (Phi) is 8.95. The largest absolute Gasteiger partial charge is 0.479 e. The SMILES string of the molecule is CCOC(=S)SC(CC(=O)OC)(CC(=O)OC)C(=O)OC. The molecule has 0 rings (SSSR count). The minimum atomic E-state index is -1.58. The third kappa shape index (κ3) is 6.30. The lowest BCUT2D eigenvalue weighted by Crippen LogP contribution is -2.42. The van der Waals surface area contributed by atoms with Crippen molar-refractivity contribution >= 4 is 46.3 Å². The zero-order valence-corrected chi connectivity index (χ0v) is 13.9. The van der Waals surface area contributed by atoms with Crippen LogP contribution in [-0.2, 0) is 33.3 Å². The van der Waals surface area contributed by atoms with E-state index in [1.54, 1.807) is 6.92 Å². The van der Waals surface area contributed by atoms with E-state index in [0.29, 0.717) is 6.61 Å². The number of carbonyl (C=O) groups excluding carboxylic acids is 3. The monoisotopic (exact) mass is 338 g/mol. The van der Waals surface area contributed by atoms with Crippen LogP contribution >= 0.6 is 24.0 Å². The van der Waals surface area contributed by atoms with Crippen LogP contribution < -0.4 is 0 Å². The number of esters is 3. The van der Waals surface area contributed by atoms with Gasteiger partial charge >= 0.3 is 17.9 Å². The molecule has 7 nitrogen and oxygen atoms in total. The normalized spacial score (nSPS) is 10.5. The number of rotatable bonds is 7. The highest BCUT2D eigenvalue weighted by atomic mass is 32.2. The first-order valence-electron chi connectivity index (χ1n) is 5.93. The first kappa shape index (κ1) is 19.7. The summed E-state index contributed by atoms with van der Waals surface area (Å²) in [5.74, 6) is -2.16. The molecule has 0 N–H and O–H groups in total. The van der Waals surface area contributed by atoms with Crippen LogP contribution in [0.2, 0.25) is 0 Å². The molecule has 0 saturated carbocycles. The average molecular weight is 338 g/mol. The van der Waals surface area contributed by atoms with Gasteiger partial charge in [-0.15, -0.1) is 0 Å². The van der Waals surface area contributed by atoms with E-state index in [4.69, 9.17) is 21.7 Å². The second-order valence-electron chi connectivity index (χ2n) is 3.78. The van der Waals surface area contributed by atoms with E-state index in [0.717, 1.165) is 18.9 Å². The molecular weight excluding hydrogens is 320 g/mol. The third-order valence-electron chi connectivity index (χ3n) is 2.41. The van der Waals surface area contributed by atoms with Crippen LogP contribution in [0.4, 0.5) is 0 Å². The molecule has 0 amide bonds. The number of hydrogen-bond acceptors (Lipinski definition) is 9. The van der Waals surface area contributed by atoms with E-state index in [1.165, 1.54) is 14.2 Å². The van der Waals surface area contributed by atoms with Crippen LogP contribution in [0.25, 0.3) is 0 Å². The Morgan fingerprint density at radius 3 is 1.81 bits per heavy atom. The topological polar surface area (TPSA) is 88.1 Å². The van der Waals surface area contributed by atoms with E-state index in [1.807, 2.05) is 0 Å². The van der Waals surface area contributed by atoms with Crippen molar-refractivity contribution in [2.75, 3.05) is 27.9 Å². The maximum Gasteiger partial charge on any atom is 0.323 e. The maximum absolute atomic E-state index is 12.1. The molecular formula is C12H18O7S2. The molecule has 120 valence electrons. The van der Waals surface area contributed by atoms with E-state index in [-0.39, 0.29) is 4.38 Å². The molecule has 0 aromatic carbocycles. The Hall–Kier alpha value is -1.35. The summed E-state index contributed by atoms with van der Waals surface area (Å²) in [6, 6.07) is 0. The molecule has 0 radical (unpaired) electrons. The lowest BCUT2D eigenvalue weighted by molar-refractivity contribution is -0.153. The summed E-state index contributed by atoms with van der Waals surface area (Å²) in [4.78, 5) is 35.3. The van der Waals surface area contributed by atoms with Crippen LogP contribution in [-0.4, -0.2) is 55.0 Å². The average Bonchev–Trinajstić information content (AvgIpc) is 2.45. The molecule has 0 aromatic rings. The summed E-state index contributed by atoms with van der Waals surface area (Å²) < 4.78 is 17.4. The fourth-order valence-electron chi connectivity index (χ4n) is 1.42. The second kappa shape index (κ2) is 9.56. The predicted octanol–water partition coefficient (Wildman–Crippen LogP) is 1.08. The first-order valence-corrected chi connectivity index (χ1v) is 7.15. The van der Waals surface area contributed by atoms with Gasteiger partial charge in [-0.25, -0.2) is 0 Å². The lowest BCUT2D eigenvalue weighted by atomic mass is 10.0. The van der Waals surface area contributed by atoms with Gasteiger partial charge in [0.05, 0.1) is 40.8 Å². The summed E-state index contributed by atoms with van der Waals surface area (Å²) >= 11 is 5.75. The van der Waals surface area contributed by atoms with Crippen molar-refractivity contribution in [2.45, 2.75) is 24.5 Å². The summed E-state index contributed by atoms with van der Waals surface area (Å²) in [7, 11) is 3.50. The fourth-order valence-corrected chi connectivity index (χ4v) is 3.06. The van der Waals surface area contributed by atoms with Gasteiger partial charge in [0.1, 0.15) is 4.75 Å². The number of ether oxygens (including phenoxy) is 4. The number of hydrogen-bond donors (Lipinski definition) is 0. The molecule has 0 bridgehead atoms. The van der Waals surface area contributed by atoms with Crippen LogP contribution in [0.5, 0.6) is 0 Å². The van der Waals surface area contributed by atoms with Crippen molar-refractivity contribution in [3.8, 4) is 0 Å². The van der Waals surface area contributed by atoms with Crippen LogP contribution in [0.15, 0.2) is 0 Å². The fraction of sp³-hybridized carbons (Fsp3) is 0.667. The third-order valence-corrected chi connectivity index (χ3v) is 3.91. The second-order valence-corrected chi connectivity index (χ2v) is 5.76. The van der Waals surface area contributed by atoms with E-state index >= 15 is 0 Å². The van der Waals surface area contributed by atoms with Gasteiger partial charge in [0.25, 0.3) is 0 Å². The van der Waals surface area contributed by atoms with Crippen LogP contribution in [0, 0.1) is 0 Å². The molecule has 9 heteroatoms. The summed E-state index contributed by atoms with van der Waals surface area (Å²) in [5, 5.41) is 0. The van der Waals surface area contributed by atoms with Crippen LogP contribution in [0.3, 0.4) is 0 Å². The molecule has 0 aliphatic heterocycles. The van der Waals surface area contributed by atoms with Crippen molar-refractivity contribution in [3.05, 3.63) is 0 Å². The zero-order chi connectivity index (χ0) is 16.5. The molecule has 0 aliphatic rings. The number of thiocarbonyl (C=S) groups is 1. The molecule has 0 atom stereocenters. The van der Waals surface area contributed by atoms with Gasteiger partial charge in [0.2, 0.25) is 4.38 Å². The molecule has 0 aromatic heterocycles. The predicted molar refractivity (Wildman–Crippen MR) is 79.8 cm³/mol. The highest BCUT2D eigenvalue weighted by Gasteiger charge is 2.47. The minimum Gasteiger partial charge on any atom is -0.479 e. The van der Waals surface area contributed by atoms with Crippen molar-refractivity contribution < 1.29 is 33.3 Å². The Morgan fingerprint density at radius 1 is 1.00 bits per heavy atom. The highest BCUT2D eigenvalue weighted by molar-refractivity contribution is 8.23. The molecule has 0 aliphatic carbocycles. The standard InChI is InChI=1S/C12H18O7S2/c1-5-19-11(20)21-12(10(15)18-4,6-8(13)16-2)7-9(14)17-3/h5-7H2,1-4H3. The maximum atomic E-state index is 12.1. The molecule has 0 unspecified atom stereocenters. The lowest BCUT2D eigenvalue weighted by Gasteiger charge is -2.27. The summed E-state index contributed by atoms with van der Waals surface area (Å²) in [5.41, 5.74) is 0. The van der Waals surface area contributed by atoms with Gasteiger partial charge in [-0.1, -0.05) is 11.8 Å². The van der Waals surface area contributed by atoms with E-state index < -0.39 is 35.5 Å². The van der Waals surface area contributed by atoms with Crippen molar-refractivity contribution in [3.63, 3.8) is 0 Å². The molecule has 0 spiro atoms. The number of methoxy groups -OCH3 is 3. The summed E-state index contributed by atoms with van der Waals surface area (Å²) in [6.07, 6.45) is -0.799. The van der Waals surface area contributed by atoms with Gasteiger partial charge in [0, 0.05) is 0 Å². The molecule has 0 saturated heterocycles. The van der Waals surface area contributed by atoms with Gasteiger partial charge in [-0.05, 0) is 19.1 Å². The van der Waals surface area contributed by atoms with E-state index in [9.17, 15) is 14.4 Å². The van der Waals surface area contributed by atoms with Crippen molar-refractivity contribution in [1.29, 1.82) is 0 Å². The molecule has 21 heavy (non-hydrogen) atoms. The zero-order valence-electron chi connectivity index (χ0n) is 12.3. The molecule has 0 heterocycles. The Labute approximate surface area is 132 Å². The highest BCUT2D eigenvalue weighted by Crippen LogP contribution is 2.36. The quantitative estimate of drug-likeness (QED) is 0.384. The number of thioether (sulfide) groups is 1. The summed E-state index contributed by atoms with van der Waals surface area (Å²) in [6.45, 7) is 2.01. The minimum absolute atomic E-state index is 0.0238. The van der Waals surface area contributed by atoms with Gasteiger partial charge in [0.15, 0.2) is 0 Å². The Morgan fingerprint density at radius 2 is 1.48 bits per heavy atom. The smallest absolute Gasteiger partial charge is 0.323 e. The number of carbonyl (C=O) groups is 3. The van der Waals surface area contributed by atoms with Crippen LogP contribution in [0.1, 0.15) is 19.8 Å². The van der Waals surface area contributed by atoms with Crippen molar-refractivity contribution in [1.82, 2.24) is 0 Å². The molecule has 0 fully saturated rings. The van der Waals surface area contributed by atoms with Gasteiger partial charge in [-0.3, -0.25) is 14.4 Å². The van der Waals surface area contributed by atoms with E-state index in [2.05, 4.69) is 9.47 Å². The van der Waals surface area contributed by atoms with Gasteiger partial charge in [-0.2, -0.15) is 0 Å². The first-order chi connectivity index (χ1) is 9.84. The van der Waals surface area contributed by atoms with Gasteiger partial charge < -0.3 is 18.9 Å². The van der Waals surface area contributed by atoms with Crippen molar-refractivity contribution in [2.24, 2.45) is 0 Å². The Balaban J connectivity index is 5.48. The Bertz CT molecular complexity index is 390.